The predicted molar refractivity (Wildman–Crippen MR) is 149 cm³/mol. The second-order valence-corrected chi connectivity index (χ2v) is 9.56. The Morgan fingerprint density at radius 2 is 1.71 bits per heavy atom. The van der Waals surface area contributed by atoms with Gasteiger partial charge in [-0.1, -0.05) is 12.1 Å². The van der Waals surface area contributed by atoms with Crippen molar-refractivity contribution in [2.75, 3.05) is 39.8 Å². The van der Waals surface area contributed by atoms with Crippen molar-refractivity contribution in [2.24, 2.45) is 0 Å². The van der Waals surface area contributed by atoms with Crippen molar-refractivity contribution in [3.8, 4) is 5.69 Å². The summed E-state index contributed by atoms with van der Waals surface area (Å²) < 4.78 is 15.0. The maximum atomic E-state index is 13.4. The van der Waals surface area contributed by atoms with Crippen LogP contribution in [0.5, 0.6) is 0 Å². The summed E-state index contributed by atoms with van der Waals surface area (Å²) in [6.45, 7) is 3.24. The highest BCUT2D eigenvalue weighted by Gasteiger charge is 2.39. The first-order chi connectivity index (χ1) is 17.5. The lowest BCUT2D eigenvalue weighted by Crippen LogP contribution is -2.57. The molecule has 1 unspecified atom stereocenters. The van der Waals surface area contributed by atoms with E-state index in [1.807, 2.05) is 48.5 Å². The Balaban J connectivity index is 0.00000200. The van der Waals surface area contributed by atoms with Crippen LogP contribution in [0.2, 0.25) is 0 Å². The molecule has 1 saturated carbocycles. The number of nitrogens with one attached hydrogen (secondary N) is 2. The fourth-order valence-electron chi connectivity index (χ4n) is 4.64. The molecule has 2 fully saturated rings. The quantitative estimate of drug-likeness (QED) is 0.441. The number of halogens is 3. The van der Waals surface area contributed by atoms with Crippen LogP contribution in [0.1, 0.15) is 28.3 Å². The van der Waals surface area contributed by atoms with Crippen molar-refractivity contribution < 1.29 is 14.0 Å². The van der Waals surface area contributed by atoms with Gasteiger partial charge in [-0.15, -0.1) is 24.8 Å². The molecular formula is C27H33Cl2FN6O2. The molecule has 1 aliphatic heterocycles. The molecule has 38 heavy (non-hydrogen) atoms. The molecule has 1 aromatic heterocycles. The molecule has 2 heterocycles. The fraction of sp³-hybridized carbons (Fsp3) is 0.370. The SMILES string of the molecule is CN1CCN(C(=O)C(CN[C@@H]2C[C@H]2c2ccc(F)cc2)NC(=O)c2ccc(-n3cccn3)cc2)CC1.Cl.Cl. The molecule has 1 saturated heterocycles. The molecule has 5 rings (SSSR count). The van der Waals surface area contributed by atoms with Crippen LogP contribution in [-0.4, -0.2) is 83.2 Å². The molecule has 2 N–H and O–H groups in total. The minimum Gasteiger partial charge on any atom is -0.339 e. The van der Waals surface area contributed by atoms with Gasteiger partial charge in [-0.25, -0.2) is 9.07 Å². The molecule has 204 valence electrons. The van der Waals surface area contributed by atoms with Crippen LogP contribution in [0.3, 0.4) is 0 Å². The summed E-state index contributed by atoms with van der Waals surface area (Å²) >= 11 is 0. The zero-order valence-electron chi connectivity index (χ0n) is 21.1. The molecule has 2 aromatic carbocycles. The second kappa shape index (κ2) is 13.2. The number of rotatable bonds is 8. The summed E-state index contributed by atoms with van der Waals surface area (Å²) in [5.74, 6) is -0.323. The number of likely N-dealkylation sites (N-methyl/N-ethyl adjacent to an activating group) is 1. The van der Waals surface area contributed by atoms with Crippen LogP contribution in [0, 0.1) is 5.82 Å². The lowest BCUT2D eigenvalue weighted by molar-refractivity contribution is -0.134. The summed E-state index contributed by atoms with van der Waals surface area (Å²) in [6, 6.07) is 15.1. The number of hydrogen-bond acceptors (Lipinski definition) is 5. The van der Waals surface area contributed by atoms with E-state index in [1.165, 1.54) is 12.1 Å². The Hall–Kier alpha value is -2.98. The third-order valence-electron chi connectivity index (χ3n) is 6.99. The van der Waals surface area contributed by atoms with Gasteiger partial charge in [0.25, 0.3) is 5.91 Å². The van der Waals surface area contributed by atoms with E-state index in [4.69, 9.17) is 0 Å². The Kier molecular flexibility index (Phi) is 10.3. The summed E-state index contributed by atoms with van der Waals surface area (Å²) in [4.78, 5) is 30.5. The topological polar surface area (TPSA) is 82.5 Å². The molecule has 2 aliphatic rings. The van der Waals surface area contributed by atoms with Crippen LogP contribution in [0.4, 0.5) is 4.39 Å². The van der Waals surface area contributed by atoms with Crippen LogP contribution in [0.15, 0.2) is 67.0 Å². The fourth-order valence-corrected chi connectivity index (χ4v) is 4.64. The van der Waals surface area contributed by atoms with Gasteiger partial charge in [0.2, 0.25) is 5.91 Å². The van der Waals surface area contributed by atoms with Crippen molar-refractivity contribution >= 4 is 36.6 Å². The number of benzene rings is 2. The first-order valence-corrected chi connectivity index (χ1v) is 12.3. The van der Waals surface area contributed by atoms with Gasteiger partial charge in [0.15, 0.2) is 0 Å². The first kappa shape index (κ1) is 29.6. The number of hydrogen-bond donors (Lipinski definition) is 2. The minimum absolute atomic E-state index is 0. The molecule has 2 amide bonds. The highest BCUT2D eigenvalue weighted by Crippen LogP contribution is 2.40. The van der Waals surface area contributed by atoms with E-state index in [0.29, 0.717) is 25.2 Å². The van der Waals surface area contributed by atoms with E-state index in [9.17, 15) is 14.0 Å². The molecule has 11 heteroatoms. The summed E-state index contributed by atoms with van der Waals surface area (Å²) in [5.41, 5.74) is 2.42. The van der Waals surface area contributed by atoms with Gasteiger partial charge in [0.1, 0.15) is 11.9 Å². The maximum Gasteiger partial charge on any atom is 0.251 e. The number of nitrogens with zero attached hydrogens (tertiary/aromatic N) is 4. The Morgan fingerprint density at radius 3 is 2.34 bits per heavy atom. The molecular weight excluding hydrogens is 530 g/mol. The van der Waals surface area contributed by atoms with Crippen LogP contribution < -0.4 is 10.6 Å². The van der Waals surface area contributed by atoms with Crippen molar-refractivity contribution in [1.29, 1.82) is 0 Å². The molecule has 3 atom stereocenters. The smallest absolute Gasteiger partial charge is 0.251 e. The normalized spacial score (nSPS) is 19.6. The predicted octanol–water partition coefficient (Wildman–Crippen LogP) is 2.87. The Morgan fingerprint density at radius 1 is 1.03 bits per heavy atom. The minimum atomic E-state index is -0.679. The van der Waals surface area contributed by atoms with E-state index >= 15 is 0 Å². The largest absolute Gasteiger partial charge is 0.339 e. The second-order valence-electron chi connectivity index (χ2n) is 9.56. The Labute approximate surface area is 234 Å². The van der Waals surface area contributed by atoms with E-state index in [-0.39, 0.29) is 54.4 Å². The van der Waals surface area contributed by atoms with Crippen molar-refractivity contribution in [3.63, 3.8) is 0 Å². The molecule has 0 radical (unpaired) electrons. The summed E-state index contributed by atoms with van der Waals surface area (Å²) in [5, 5.41) is 10.6. The summed E-state index contributed by atoms with van der Waals surface area (Å²) in [7, 11) is 2.04. The van der Waals surface area contributed by atoms with Gasteiger partial charge in [-0.2, -0.15) is 5.10 Å². The number of aromatic nitrogens is 2. The standard InChI is InChI=1S/C27H31FN6O2.2ClH/c1-32-13-15-33(16-14-32)27(36)25(18-29-24-17-23(24)19-3-7-21(28)8-4-19)31-26(35)20-5-9-22(10-6-20)34-12-2-11-30-34;;/h2-12,23-25,29H,13-18H2,1H3,(H,31,35);2*1H/t23-,24+,25?;;/m0../s1. The van der Waals surface area contributed by atoms with Gasteiger partial charge in [0.05, 0.1) is 5.69 Å². The van der Waals surface area contributed by atoms with Crippen LogP contribution in [0.25, 0.3) is 5.69 Å². The lowest BCUT2D eigenvalue weighted by Gasteiger charge is -2.35. The number of carbonyl (C=O) groups excluding carboxylic acids is 2. The molecule has 8 nitrogen and oxygen atoms in total. The van der Waals surface area contributed by atoms with Gasteiger partial charge < -0.3 is 20.4 Å². The van der Waals surface area contributed by atoms with Gasteiger partial charge in [-0.3, -0.25) is 9.59 Å². The third-order valence-corrected chi connectivity index (χ3v) is 6.99. The first-order valence-electron chi connectivity index (χ1n) is 12.3. The number of carbonyl (C=O) groups is 2. The molecule has 0 spiro atoms. The molecule has 3 aromatic rings. The number of piperazine rings is 1. The molecule has 0 bridgehead atoms. The average molecular weight is 564 g/mol. The number of amides is 2. The van der Waals surface area contributed by atoms with E-state index < -0.39 is 6.04 Å². The molecule has 1 aliphatic carbocycles. The van der Waals surface area contributed by atoms with E-state index in [1.54, 1.807) is 23.0 Å². The zero-order valence-corrected chi connectivity index (χ0v) is 22.8. The van der Waals surface area contributed by atoms with Crippen molar-refractivity contribution in [2.45, 2.75) is 24.4 Å². The van der Waals surface area contributed by atoms with Gasteiger partial charge in [-0.05, 0) is 61.5 Å². The van der Waals surface area contributed by atoms with E-state index in [2.05, 4.69) is 20.6 Å². The highest BCUT2D eigenvalue weighted by molar-refractivity contribution is 5.97. The summed E-state index contributed by atoms with van der Waals surface area (Å²) in [6.07, 6.45) is 4.45. The third kappa shape index (κ3) is 7.11. The average Bonchev–Trinajstić information content (AvgIpc) is 3.46. The van der Waals surface area contributed by atoms with Crippen LogP contribution in [-0.2, 0) is 4.79 Å². The maximum absolute atomic E-state index is 13.4. The van der Waals surface area contributed by atoms with Crippen molar-refractivity contribution in [1.82, 2.24) is 30.2 Å². The van der Waals surface area contributed by atoms with E-state index in [0.717, 1.165) is 30.8 Å². The Bertz CT molecular complexity index is 1190. The highest BCUT2D eigenvalue weighted by atomic mass is 35.5. The van der Waals surface area contributed by atoms with Crippen molar-refractivity contribution in [3.05, 3.63) is 83.9 Å². The van der Waals surface area contributed by atoms with Crippen LogP contribution >= 0.6 is 24.8 Å². The zero-order chi connectivity index (χ0) is 25.1. The lowest BCUT2D eigenvalue weighted by atomic mass is 10.1. The van der Waals surface area contributed by atoms with Gasteiger partial charge >= 0.3 is 0 Å². The van der Waals surface area contributed by atoms with Gasteiger partial charge in [0, 0.05) is 62.6 Å². The monoisotopic (exact) mass is 562 g/mol.